The Balaban J connectivity index is 2.25. The van der Waals surface area contributed by atoms with Gasteiger partial charge in [0.2, 0.25) is 0 Å². The summed E-state index contributed by atoms with van der Waals surface area (Å²) in [7, 11) is 0. The molecular formula is C16H15NO4. The second-order valence-electron chi connectivity index (χ2n) is 4.51. The van der Waals surface area contributed by atoms with E-state index in [-0.39, 0.29) is 0 Å². The average Bonchev–Trinajstić information content (AvgIpc) is 2.53. The van der Waals surface area contributed by atoms with Crippen molar-refractivity contribution in [2.24, 2.45) is 0 Å². The van der Waals surface area contributed by atoms with Crippen LogP contribution in [-0.4, -0.2) is 28.2 Å². The van der Waals surface area contributed by atoms with Crippen LogP contribution in [0.5, 0.6) is 0 Å². The molecule has 2 rings (SSSR count). The van der Waals surface area contributed by atoms with Crippen molar-refractivity contribution in [3.05, 3.63) is 71.8 Å². The van der Waals surface area contributed by atoms with E-state index in [0.717, 1.165) is 0 Å². The summed E-state index contributed by atoms with van der Waals surface area (Å²) < 4.78 is 0. The summed E-state index contributed by atoms with van der Waals surface area (Å²) >= 11 is 0. The topological polar surface area (TPSA) is 86.6 Å². The molecule has 5 heteroatoms. The molecule has 2 aromatic rings. The Bertz CT molecular complexity index is 613. The van der Waals surface area contributed by atoms with E-state index in [9.17, 15) is 14.7 Å². The fraction of sp³-hybridized carbons (Fsp3) is 0.125. The van der Waals surface area contributed by atoms with Crippen molar-refractivity contribution in [2.45, 2.75) is 12.1 Å². The Hall–Kier alpha value is -2.66. The quantitative estimate of drug-likeness (QED) is 0.779. The van der Waals surface area contributed by atoms with E-state index >= 15 is 0 Å². The number of carboxylic acids is 1. The molecule has 21 heavy (non-hydrogen) atoms. The van der Waals surface area contributed by atoms with Crippen LogP contribution in [0.2, 0.25) is 0 Å². The molecule has 0 fully saturated rings. The zero-order chi connectivity index (χ0) is 15.2. The number of carbonyl (C=O) groups is 2. The van der Waals surface area contributed by atoms with Crippen molar-refractivity contribution in [1.29, 1.82) is 0 Å². The molecule has 0 bridgehead atoms. The van der Waals surface area contributed by atoms with Crippen molar-refractivity contribution in [1.82, 2.24) is 5.32 Å². The van der Waals surface area contributed by atoms with Crippen LogP contribution in [0.3, 0.4) is 0 Å². The third kappa shape index (κ3) is 3.67. The summed E-state index contributed by atoms with van der Waals surface area (Å²) in [5.41, 5.74) is 0.924. The van der Waals surface area contributed by atoms with Gasteiger partial charge in [-0.1, -0.05) is 48.5 Å². The summed E-state index contributed by atoms with van der Waals surface area (Å²) in [5.74, 6) is -1.83. The maximum atomic E-state index is 12.1. The molecule has 5 nitrogen and oxygen atoms in total. The highest BCUT2D eigenvalue weighted by Crippen LogP contribution is 2.18. The first-order valence-corrected chi connectivity index (χ1v) is 6.41. The fourth-order valence-corrected chi connectivity index (χ4v) is 1.96. The zero-order valence-electron chi connectivity index (χ0n) is 11.1. The molecule has 0 heterocycles. The number of rotatable bonds is 5. The SMILES string of the molecule is O=C(NC(c1ccccc1)[C@H](O)C(=O)O)c1ccccc1. The van der Waals surface area contributed by atoms with Gasteiger partial charge in [0, 0.05) is 5.56 Å². The lowest BCUT2D eigenvalue weighted by molar-refractivity contribution is -0.148. The number of benzene rings is 2. The zero-order valence-corrected chi connectivity index (χ0v) is 11.1. The van der Waals surface area contributed by atoms with Gasteiger partial charge >= 0.3 is 5.97 Å². The number of hydrogen-bond acceptors (Lipinski definition) is 3. The van der Waals surface area contributed by atoms with Crippen LogP contribution in [0.1, 0.15) is 22.0 Å². The molecule has 0 radical (unpaired) electrons. The second-order valence-corrected chi connectivity index (χ2v) is 4.51. The van der Waals surface area contributed by atoms with Gasteiger partial charge in [-0.3, -0.25) is 4.79 Å². The third-order valence-electron chi connectivity index (χ3n) is 3.05. The first-order valence-electron chi connectivity index (χ1n) is 6.41. The van der Waals surface area contributed by atoms with Gasteiger partial charge in [-0.2, -0.15) is 0 Å². The van der Waals surface area contributed by atoms with Crippen molar-refractivity contribution in [3.63, 3.8) is 0 Å². The van der Waals surface area contributed by atoms with Crippen LogP contribution >= 0.6 is 0 Å². The fourth-order valence-electron chi connectivity index (χ4n) is 1.96. The number of nitrogens with one attached hydrogen (secondary N) is 1. The monoisotopic (exact) mass is 285 g/mol. The highest BCUT2D eigenvalue weighted by molar-refractivity contribution is 5.94. The molecule has 0 spiro atoms. The first kappa shape index (κ1) is 14.7. The maximum Gasteiger partial charge on any atom is 0.335 e. The van der Waals surface area contributed by atoms with E-state index in [1.807, 2.05) is 0 Å². The van der Waals surface area contributed by atoms with Gasteiger partial charge in [-0.15, -0.1) is 0 Å². The largest absolute Gasteiger partial charge is 0.479 e. The Morgan fingerprint density at radius 3 is 1.95 bits per heavy atom. The highest BCUT2D eigenvalue weighted by atomic mass is 16.4. The molecule has 0 aromatic heterocycles. The smallest absolute Gasteiger partial charge is 0.335 e. The number of aliphatic hydroxyl groups excluding tert-OH is 1. The molecule has 0 aliphatic rings. The van der Waals surface area contributed by atoms with Crippen molar-refractivity contribution in [3.8, 4) is 0 Å². The van der Waals surface area contributed by atoms with Crippen LogP contribution in [0.4, 0.5) is 0 Å². The molecule has 2 atom stereocenters. The number of hydrogen-bond donors (Lipinski definition) is 3. The van der Waals surface area contributed by atoms with Crippen LogP contribution in [0.25, 0.3) is 0 Å². The predicted octanol–water partition coefficient (Wildman–Crippen LogP) is 1.60. The Morgan fingerprint density at radius 2 is 1.43 bits per heavy atom. The standard InChI is InChI=1S/C16H15NO4/c18-14(16(20)21)13(11-7-3-1-4-8-11)17-15(19)12-9-5-2-6-10-12/h1-10,13-14,18H,(H,17,19)(H,20,21)/t13?,14-/m0/s1. The lowest BCUT2D eigenvalue weighted by Crippen LogP contribution is -2.40. The van der Waals surface area contributed by atoms with Crippen LogP contribution in [-0.2, 0) is 4.79 Å². The highest BCUT2D eigenvalue weighted by Gasteiger charge is 2.28. The first-order chi connectivity index (χ1) is 10.1. The van der Waals surface area contributed by atoms with Gasteiger partial charge in [0.05, 0.1) is 6.04 Å². The Morgan fingerprint density at radius 1 is 0.905 bits per heavy atom. The van der Waals surface area contributed by atoms with Crippen LogP contribution in [0.15, 0.2) is 60.7 Å². The lowest BCUT2D eigenvalue weighted by atomic mass is 10.0. The molecule has 1 unspecified atom stereocenters. The molecule has 3 N–H and O–H groups in total. The summed E-state index contributed by atoms with van der Waals surface area (Å²) in [6, 6.07) is 15.9. The summed E-state index contributed by atoms with van der Waals surface area (Å²) in [6.45, 7) is 0. The van der Waals surface area contributed by atoms with E-state index < -0.39 is 24.0 Å². The van der Waals surface area contributed by atoms with Gasteiger partial charge in [-0.25, -0.2) is 4.79 Å². The molecular weight excluding hydrogens is 270 g/mol. The van der Waals surface area contributed by atoms with Gasteiger partial charge in [0.15, 0.2) is 6.10 Å². The van der Waals surface area contributed by atoms with Gasteiger partial charge in [0.1, 0.15) is 0 Å². The number of carbonyl (C=O) groups excluding carboxylic acids is 1. The normalized spacial score (nSPS) is 13.2. The van der Waals surface area contributed by atoms with Crippen molar-refractivity contribution < 1.29 is 19.8 Å². The minimum absolute atomic E-state index is 0.399. The number of amides is 1. The average molecular weight is 285 g/mol. The molecule has 2 aromatic carbocycles. The molecule has 108 valence electrons. The summed E-state index contributed by atoms with van der Waals surface area (Å²) in [4.78, 5) is 23.2. The maximum absolute atomic E-state index is 12.1. The minimum Gasteiger partial charge on any atom is -0.479 e. The van der Waals surface area contributed by atoms with E-state index in [4.69, 9.17) is 5.11 Å². The lowest BCUT2D eigenvalue weighted by Gasteiger charge is -2.22. The predicted molar refractivity (Wildman–Crippen MR) is 76.7 cm³/mol. The van der Waals surface area contributed by atoms with Crippen molar-refractivity contribution >= 4 is 11.9 Å². The number of aliphatic hydroxyl groups is 1. The van der Waals surface area contributed by atoms with Crippen molar-refractivity contribution in [2.75, 3.05) is 0 Å². The van der Waals surface area contributed by atoms with Gasteiger partial charge in [0.25, 0.3) is 5.91 Å². The molecule has 0 aliphatic heterocycles. The van der Waals surface area contributed by atoms with Crippen LogP contribution < -0.4 is 5.32 Å². The molecule has 1 amide bonds. The summed E-state index contributed by atoms with van der Waals surface area (Å²) in [6.07, 6.45) is -1.72. The van der Waals surface area contributed by atoms with Crippen LogP contribution in [0, 0.1) is 0 Å². The van der Waals surface area contributed by atoms with E-state index in [1.165, 1.54) is 0 Å². The molecule has 0 aliphatic carbocycles. The van der Waals surface area contributed by atoms with Gasteiger partial charge in [-0.05, 0) is 17.7 Å². The summed E-state index contributed by atoms with van der Waals surface area (Å²) in [5, 5.41) is 21.4. The van der Waals surface area contributed by atoms with E-state index in [1.54, 1.807) is 60.7 Å². The second kappa shape index (κ2) is 6.67. The minimum atomic E-state index is -1.72. The Kier molecular flexibility index (Phi) is 4.68. The van der Waals surface area contributed by atoms with Gasteiger partial charge < -0.3 is 15.5 Å². The molecule has 0 saturated heterocycles. The number of carboxylic acid groups (broad SMARTS) is 1. The Labute approximate surface area is 121 Å². The molecule has 0 saturated carbocycles. The van der Waals surface area contributed by atoms with E-state index in [0.29, 0.717) is 11.1 Å². The number of aliphatic carboxylic acids is 1. The van der Waals surface area contributed by atoms with E-state index in [2.05, 4.69) is 5.32 Å². The third-order valence-corrected chi connectivity index (χ3v) is 3.05.